The number of hydrogen-bond acceptors (Lipinski definition) is 4. The Hall–Kier alpha value is -3.48. The molecule has 0 bridgehead atoms. The fraction of sp³-hybridized carbons (Fsp3) is 0.200. The fourth-order valence-electron chi connectivity index (χ4n) is 3.62. The third-order valence-corrected chi connectivity index (χ3v) is 4.94. The molecule has 0 spiro atoms. The highest BCUT2D eigenvalue weighted by Crippen LogP contribution is 2.32. The van der Waals surface area contributed by atoms with Gasteiger partial charge >= 0.3 is 0 Å². The summed E-state index contributed by atoms with van der Waals surface area (Å²) in [5, 5.41) is 8.63. The Labute approximate surface area is 155 Å². The fourth-order valence-corrected chi connectivity index (χ4v) is 3.62. The van der Waals surface area contributed by atoms with Crippen molar-refractivity contribution in [3.8, 4) is 5.69 Å². The van der Waals surface area contributed by atoms with E-state index in [0.717, 1.165) is 35.4 Å². The second kappa shape index (κ2) is 6.35. The zero-order valence-corrected chi connectivity index (χ0v) is 14.6. The van der Waals surface area contributed by atoms with E-state index in [1.807, 2.05) is 59.5 Å². The van der Waals surface area contributed by atoms with Gasteiger partial charge in [-0.3, -0.25) is 4.79 Å². The Morgan fingerprint density at radius 3 is 2.74 bits per heavy atom. The Morgan fingerprint density at radius 1 is 1.07 bits per heavy atom. The Morgan fingerprint density at radius 2 is 1.89 bits per heavy atom. The molecule has 0 saturated carbocycles. The van der Waals surface area contributed by atoms with Crippen molar-refractivity contribution in [2.75, 3.05) is 6.54 Å². The van der Waals surface area contributed by atoms with Gasteiger partial charge in [0.1, 0.15) is 5.82 Å². The number of hydrogen-bond donors (Lipinski definition) is 1. The van der Waals surface area contributed by atoms with E-state index in [1.54, 1.807) is 0 Å². The van der Waals surface area contributed by atoms with Crippen LogP contribution in [0.3, 0.4) is 0 Å². The molecule has 1 saturated heterocycles. The van der Waals surface area contributed by atoms with Crippen LogP contribution in [0.15, 0.2) is 60.8 Å². The number of nitrogens with one attached hydrogen (secondary N) is 1. The van der Waals surface area contributed by atoms with Crippen LogP contribution in [0.25, 0.3) is 16.7 Å². The van der Waals surface area contributed by atoms with Crippen molar-refractivity contribution in [2.45, 2.75) is 18.9 Å². The first-order chi connectivity index (χ1) is 13.3. The van der Waals surface area contributed by atoms with Crippen molar-refractivity contribution < 1.29 is 4.79 Å². The highest BCUT2D eigenvalue weighted by atomic mass is 16.2. The molecule has 1 aliphatic heterocycles. The molecule has 0 aliphatic carbocycles. The first kappa shape index (κ1) is 15.7. The molecular formula is C20H18N6O. The number of aromatic nitrogens is 5. The maximum absolute atomic E-state index is 13.1. The second-order valence-electron chi connectivity index (χ2n) is 6.65. The lowest BCUT2D eigenvalue weighted by Gasteiger charge is -2.21. The summed E-state index contributed by atoms with van der Waals surface area (Å²) >= 11 is 0. The Kier molecular flexibility index (Phi) is 3.71. The smallest absolute Gasteiger partial charge is 0.276 e. The molecular weight excluding hydrogens is 340 g/mol. The van der Waals surface area contributed by atoms with E-state index in [4.69, 9.17) is 0 Å². The summed E-state index contributed by atoms with van der Waals surface area (Å²) in [5.74, 6) is 0.720. The topological polar surface area (TPSA) is 79.7 Å². The molecule has 1 amide bonds. The van der Waals surface area contributed by atoms with Crippen LogP contribution in [0, 0.1) is 0 Å². The number of fused-ring (bicyclic) bond motifs is 1. The summed E-state index contributed by atoms with van der Waals surface area (Å²) in [4.78, 5) is 24.4. The second-order valence-corrected chi connectivity index (χ2v) is 6.65. The van der Waals surface area contributed by atoms with E-state index < -0.39 is 0 Å². The molecule has 1 aliphatic rings. The number of imidazole rings is 1. The largest absolute Gasteiger partial charge is 0.340 e. The zero-order valence-electron chi connectivity index (χ0n) is 14.6. The average molecular weight is 358 g/mol. The summed E-state index contributed by atoms with van der Waals surface area (Å²) in [7, 11) is 0. The third kappa shape index (κ3) is 2.77. The highest BCUT2D eigenvalue weighted by molar-refractivity contribution is 5.92. The maximum Gasteiger partial charge on any atom is 0.276 e. The number of nitrogens with zero attached hydrogens (tertiary/aromatic N) is 5. The minimum atomic E-state index is -0.111. The van der Waals surface area contributed by atoms with Crippen LogP contribution in [0.5, 0.6) is 0 Å². The molecule has 1 atom stereocenters. The van der Waals surface area contributed by atoms with Gasteiger partial charge in [0.25, 0.3) is 5.91 Å². The number of rotatable bonds is 3. The molecule has 7 nitrogen and oxygen atoms in total. The number of H-pyrrole nitrogens is 1. The number of aromatic amines is 1. The van der Waals surface area contributed by atoms with Crippen LogP contribution in [0.1, 0.15) is 35.2 Å². The van der Waals surface area contributed by atoms with E-state index >= 15 is 0 Å². The van der Waals surface area contributed by atoms with E-state index in [9.17, 15) is 4.79 Å². The molecule has 2 aromatic heterocycles. The third-order valence-electron chi connectivity index (χ3n) is 4.94. The van der Waals surface area contributed by atoms with E-state index in [2.05, 4.69) is 20.2 Å². The summed E-state index contributed by atoms with van der Waals surface area (Å²) in [5.41, 5.74) is 3.08. The zero-order chi connectivity index (χ0) is 18.2. The first-order valence-electron chi connectivity index (χ1n) is 9.03. The quantitative estimate of drug-likeness (QED) is 0.610. The Bertz CT molecular complexity index is 1070. The highest BCUT2D eigenvalue weighted by Gasteiger charge is 2.33. The molecule has 7 heteroatoms. The lowest BCUT2D eigenvalue weighted by atomic mass is 10.2. The van der Waals surface area contributed by atoms with E-state index in [1.165, 1.54) is 11.0 Å². The maximum atomic E-state index is 13.1. The van der Waals surface area contributed by atoms with Crippen LogP contribution in [-0.2, 0) is 0 Å². The van der Waals surface area contributed by atoms with Crippen molar-refractivity contribution in [1.82, 2.24) is 29.9 Å². The average Bonchev–Trinajstić information content (AvgIpc) is 3.46. The molecule has 4 aromatic rings. The van der Waals surface area contributed by atoms with Crippen molar-refractivity contribution in [1.29, 1.82) is 0 Å². The molecule has 1 N–H and O–H groups in total. The number of likely N-dealkylation sites (tertiary alicyclic amines) is 1. The van der Waals surface area contributed by atoms with Gasteiger partial charge in [0.2, 0.25) is 0 Å². The van der Waals surface area contributed by atoms with Gasteiger partial charge < -0.3 is 9.88 Å². The summed E-state index contributed by atoms with van der Waals surface area (Å²) in [6, 6.07) is 17.4. The van der Waals surface area contributed by atoms with Gasteiger partial charge in [-0.05, 0) is 37.1 Å². The van der Waals surface area contributed by atoms with Crippen LogP contribution >= 0.6 is 0 Å². The van der Waals surface area contributed by atoms with Crippen molar-refractivity contribution >= 4 is 16.9 Å². The summed E-state index contributed by atoms with van der Waals surface area (Å²) in [6.07, 6.45) is 3.36. The number of benzene rings is 2. The first-order valence-corrected chi connectivity index (χ1v) is 9.03. The van der Waals surface area contributed by atoms with E-state index in [0.29, 0.717) is 12.2 Å². The van der Waals surface area contributed by atoms with Crippen LogP contribution in [-0.4, -0.2) is 42.3 Å². The van der Waals surface area contributed by atoms with Gasteiger partial charge in [-0.15, -0.1) is 5.10 Å². The SMILES string of the molecule is O=C(c1cnn(-c2ccccc2)n1)N1CCCC1c1nc2ccccc2[nH]1. The molecule has 1 unspecified atom stereocenters. The molecule has 0 radical (unpaired) electrons. The lowest BCUT2D eigenvalue weighted by molar-refractivity contribution is 0.0724. The van der Waals surface area contributed by atoms with Gasteiger partial charge in [-0.2, -0.15) is 9.90 Å². The molecule has 5 rings (SSSR count). The van der Waals surface area contributed by atoms with Crippen molar-refractivity contribution in [2.24, 2.45) is 0 Å². The molecule has 27 heavy (non-hydrogen) atoms. The number of carbonyl (C=O) groups excluding carboxylic acids is 1. The number of para-hydroxylation sites is 3. The molecule has 1 fully saturated rings. The van der Waals surface area contributed by atoms with Gasteiger partial charge in [-0.25, -0.2) is 4.98 Å². The van der Waals surface area contributed by atoms with Gasteiger partial charge in [-0.1, -0.05) is 30.3 Å². The van der Waals surface area contributed by atoms with Crippen LogP contribution in [0.2, 0.25) is 0 Å². The monoisotopic (exact) mass is 358 g/mol. The van der Waals surface area contributed by atoms with Gasteiger partial charge in [0.05, 0.1) is 29.0 Å². The normalized spacial score (nSPS) is 16.9. The van der Waals surface area contributed by atoms with Gasteiger partial charge in [0, 0.05) is 6.54 Å². The minimum Gasteiger partial charge on any atom is -0.340 e. The summed E-state index contributed by atoms with van der Waals surface area (Å²) < 4.78 is 0. The van der Waals surface area contributed by atoms with Crippen LogP contribution in [0.4, 0.5) is 0 Å². The standard InChI is InChI=1S/C20H18N6O/c27-20(17-13-21-26(24-17)14-7-2-1-3-8-14)25-12-6-11-18(25)19-22-15-9-4-5-10-16(15)23-19/h1-5,7-10,13,18H,6,11-12H2,(H,22,23). The van der Waals surface area contributed by atoms with Gasteiger partial charge in [0.15, 0.2) is 5.69 Å². The van der Waals surface area contributed by atoms with E-state index in [-0.39, 0.29) is 11.9 Å². The molecule has 134 valence electrons. The summed E-state index contributed by atoms with van der Waals surface area (Å²) in [6.45, 7) is 0.693. The molecule has 2 aromatic carbocycles. The predicted molar refractivity (Wildman–Crippen MR) is 100 cm³/mol. The Balaban J connectivity index is 1.43. The van der Waals surface area contributed by atoms with Crippen molar-refractivity contribution in [3.05, 3.63) is 72.3 Å². The predicted octanol–water partition coefficient (Wildman–Crippen LogP) is 3.12. The minimum absolute atomic E-state index is 0.0632. The number of amides is 1. The lowest BCUT2D eigenvalue weighted by Crippen LogP contribution is -2.31. The number of carbonyl (C=O) groups is 1. The van der Waals surface area contributed by atoms with Crippen LogP contribution < -0.4 is 0 Å². The van der Waals surface area contributed by atoms with Crippen molar-refractivity contribution in [3.63, 3.8) is 0 Å². The molecule has 3 heterocycles.